The van der Waals surface area contributed by atoms with Gasteiger partial charge in [0.25, 0.3) is 0 Å². The molecule has 1 aliphatic carbocycles. The molecule has 0 radical (unpaired) electrons. The van der Waals surface area contributed by atoms with E-state index < -0.39 is 0 Å². The lowest BCUT2D eigenvalue weighted by Gasteiger charge is -2.25. The number of rotatable bonds is 3. The molecule has 0 aromatic rings. The molecular weight excluding hydrogens is 234 g/mol. The molecule has 2 atom stereocenters. The van der Waals surface area contributed by atoms with Crippen molar-refractivity contribution < 1.29 is 4.79 Å². The summed E-state index contributed by atoms with van der Waals surface area (Å²) in [6.45, 7) is 12.4. The molecule has 1 N–H and O–H groups in total. The zero-order valence-electron chi connectivity index (χ0n) is 13.2. The van der Waals surface area contributed by atoms with Gasteiger partial charge in [-0.1, -0.05) is 39.7 Å². The van der Waals surface area contributed by atoms with E-state index in [0.717, 1.165) is 0 Å². The van der Waals surface area contributed by atoms with Crippen molar-refractivity contribution in [3.8, 4) is 0 Å². The van der Waals surface area contributed by atoms with E-state index in [1.165, 1.54) is 44.9 Å². The average molecular weight is 265 g/mol. The van der Waals surface area contributed by atoms with Gasteiger partial charge in [0.15, 0.2) is 0 Å². The van der Waals surface area contributed by atoms with E-state index in [0.29, 0.717) is 16.9 Å². The summed E-state index contributed by atoms with van der Waals surface area (Å²) in [6, 6.07) is 0.269. The molecule has 0 spiro atoms. The number of hydrogen-bond donors (Lipinski definition) is 1. The van der Waals surface area contributed by atoms with Gasteiger partial charge < -0.3 is 5.32 Å². The first-order chi connectivity index (χ1) is 8.82. The van der Waals surface area contributed by atoms with Crippen molar-refractivity contribution in [2.24, 2.45) is 11.3 Å². The summed E-state index contributed by atoms with van der Waals surface area (Å²) >= 11 is 0. The molecule has 110 valence electrons. The predicted octanol–water partition coefficient (Wildman–Crippen LogP) is 4.45. The monoisotopic (exact) mass is 265 g/mol. The number of hydrogen-bond acceptors (Lipinski definition) is 1. The summed E-state index contributed by atoms with van der Waals surface area (Å²) in [5.41, 5.74) is 1.11. The van der Waals surface area contributed by atoms with Gasteiger partial charge in [-0.3, -0.25) is 4.79 Å². The highest BCUT2D eigenvalue weighted by Gasteiger charge is 2.24. The van der Waals surface area contributed by atoms with Crippen molar-refractivity contribution in [1.82, 2.24) is 5.32 Å². The maximum atomic E-state index is 11.7. The number of amides is 1. The minimum absolute atomic E-state index is 0.00713. The summed E-state index contributed by atoms with van der Waals surface area (Å²) in [5, 5.41) is 3.10. The SMILES string of the molecule is C=C(C)C(=O)N[C@H](C)C1CCCCC(C)(C)CCC1. The fraction of sp³-hybridized carbons (Fsp3) is 0.824. The van der Waals surface area contributed by atoms with E-state index in [4.69, 9.17) is 0 Å². The fourth-order valence-electron chi connectivity index (χ4n) is 3.07. The fourth-order valence-corrected chi connectivity index (χ4v) is 3.07. The standard InChI is InChI=1S/C17H31NO/c1-13(2)16(19)18-14(3)15-9-6-7-11-17(4,5)12-8-10-15/h14-15H,1,6-12H2,2-5H3,(H,18,19)/t14-,15?/m1/s1. The van der Waals surface area contributed by atoms with Gasteiger partial charge in [-0.25, -0.2) is 0 Å². The quantitative estimate of drug-likeness (QED) is 0.750. The molecule has 0 aromatic heterocycles. The molecule has 0 aromatic carbocycles. The number of carbonyl (C=O) groups is 1. The lowest BCUT2D eigenvalue weighted by molar-refractivity contribution is -0.118. The van der Waals surface area contributed by atoms with Crippen LogP contribution in [0.3, 0.4) is 0 Å². The normalized spacial score (nSPS) is 25.6. The second-order valence-electron chi connectivity index (χ2n) is 7.10. The summed E-state index contributed by atoms with van der Waals surface area (Å²) < 4.78 is 0. The topological polar surface area (TPSA) is 29.1 Å². The van der Waals surface area contributed by atoms with Crippen LogP contribution in [0.4, 0.5) is 0 Å². The summed E-state index contributed by atoms with van der Waals surface area (Å²) in [7, 11) is 0. The zero-order valence-corrected chi connectivity index (χ0v) is 13.2. The van der Waals surface area contributed by atoms with E-state index in [-0.39, 0.29) is 11.9 Å². The Morgan fingerprint density at radius 3 is 2.42 bits per heavy atom. The van der Waals surface area contributed by atoms with Gasteiger partial charge >= 0.3 is 0 Å². The Hall–Kier alpha value is -0.790. The summed E-state index contributed by atoms with van der Waals surface area (Å²) in [6.07, 6.45) is 9.03. The molecule has 1 rings (SSSR count). The van der Waals surface area contributed by atoms with Crippen molar-refractivity contribution >= 4 is 5.91 Å². The predicted molar refractivity (Wildman–Crippen MR) is 82.0 cm³/mol. The van der Waals surface area contributed by atoms with E-state index in [2.05, 4.69) is 32.7 Å². The third-order valence-corrected chi connectivity index (χ3v) is 4.56. The molecule has 0 heterocycles. The summed E-state index contributed by atoms with van der Waals surface area (Å²) in [4.78, 5) is 11.7. The highest BCUT2D eigenvalue weighted by atomic mass is 16.1. The van der Waals surface area contributed by atoms with Crippen LogP contribution >= 0.6 is 0 Å². The Bertz CT molecular complexity index is 319. The van der Waals surface area contributed by atoms with Crippen molar-refractivity contribution in [2.75, 3.05) is 0 Å². The molecule has 1 aliphatic rings. The molecule has 19 heavy (non-hydrogen) atoms. The first-order valence-electron chi connectivity index (χ1n) is 7.78. The molecule has 0 bridgehead atoms. The second kappa shape index (κ2) is 7.12. The third-order valence-electron chi connectivity index (χ3n) is 4.56. The van der Waals surface area contributed by atoms with Crippen molar-refractivity contribution in [3.63, 3.8) is 0 Å². The lowest BCUT2D eigenvalue weighted by Crippen LogP contribution is -2.38. The van der Waals surface area contributed by atoms with Crippen molar-refractivity contribution in [3.05, 3.63) is 12.2 Å². The molecule has 1 amide bonds. The first-order valence-corrected chi connectivity index (χ1v) is 7.78. The van der Waals surface area contributed by atoms with Gasteiger partial charge in [-0.05, 0) is 50.9 Å². The molecule has 2 heteroatoms. The minimum atomic E-state index is 0.00713. The van der Waals surface area contributed by atoms with Crippen LogP contribution < -0.4 is 5.32 Å². The Labute approximate surface area is 119 Å². The van der Waals surface area contributed by atoms with Crippen LogP contribution in [0, 0.1) is 11.3 Å². The van der Waals surface area contributed by atoms with Gasteiger partial charge in [0.05, 0.1) is 0 Å². The highest BCUT2D eigenvalue weighted by molar-refractivity contribution is 5.92. The summed E-state index contributed by atoms with van der Waals surface area (Å²) in [5.74, 6) is 0.630. The molecule has 1 fully saturated rings. The third kappa shape index (κ3) is 5.80. The molecule has 1 unspecified atom stereocenters. The Kier molecular flexibility index (Phi) is 6.09. The van der Waals surface area contributed by atoms with Crippen LogP contribution in [0.1, 0.15) is 72.6 Å². The molecule has 2 nitrogen and oxygen atoms in total. The van der Waals surface area contributed by atoms with Gasteiger partial charge in [0.2, 0.25) is 5.91 Å². The molecule has 0 saturated heterocycles. The van der Waals surface area contributed by atoms with E-state index >= 15 is 0 Å². The molecular formula is C17H31NO. The van der Waals surface area contributed by atoms with Crippen LogP contribution in [-0.2, 0) is 4.79 Å². The van der Waals surface area contributed by atoms with Crippen LogP contribution in [0.2, 0.25) is 0 Å². The van der Waals surface area contributed by atoms with Crippen molar-refractivity contribution in [2.45, 2.75) is 78.7 Å². The Morgan fingerprint density at radius 1 is 1.21 bits per heavy atom. The lowest BCUT2D eigenvalue weighted by atomic mass is 9.82. The van der Waals surface area contributed by atoms with E-state index in [9.17, 15) is 4.79 Å². The van der Waals surface area contributed by atoms with Crippen LogP contribution in [0.25, 0.3) is 0 Å². The van der Waals surface area contributed by atoms with Crippen molar-refractivity contribution in [1.29, 1.82) is 0 Å². The average Bonchev–Trinajstić information content (AvgIpc) is 2.39. The highest BCUT2D eigenvalue weighted by Crippen LogP contribution is 2.34. The molecule has 0 aliphatic heterocycles. The van der Waals surface area contributed by atoms with E-state index in [1.54, 1.807) is 6.92 Å². The minimum Gasteiger partial charge on any atom is -0.350 e. The van der Waals surface area contributed by atoms with Crippen LogP contribution in [0.15, 0.2) is 12.2 Å². The maximum Gasteiger partial charge on any atom is 0.246 e. The first kappa shape index (κ1) is 16.3. The number of nitrogens with one attached hydrogen (secondary N) is 1. The Morgan fingerprint density at radius 2 is 1.79 bits per heavy atom. The van der Waals surface area contributed by atoms with Crippen LogP contribution in [0.5, 0.6) is 0 Å². The molecule has 1 saturated carbocycles. The second-order valence-corrected chi connectivity index (χ2v) is 7.10. The number of carbonyl (C=O) groups excluding carboxylic acids is 1. The Balaban J connectivity index is 2.52. The van der Waals surface area contributed by atoms with Crippen LogP contribution in [-0.4, -0.2) is 11.9 Å². The van der Waals surface area contributed by atoms with Gasteiger partial charge in [0, 0.05) is 11.6 Å². The van der Waals surface area contributed by atoms with Gasteiger partial charge in [-0.15, -0.1) is 0 Å². The van der Waals surface area contributed by atoms with E-state index in [1.807, 2.05) is 0 Å². The maximum absolute atomic E-state index is 11.7. The van der Waals surface area contributed by atoms with Gasteiger partial charge in [0.1, 0.15) is 0 Å². The largest absolute Gasteiger partial charge is 0.350 e. The smallest absolute Gasteiger partial charge is 0.246 e. The van der Waals surface area contributed by atoms with Gasteiger partial charge in [-0.2, -0.15) is 0 Å². The zero-order chi connectivity index (χ0) is 14.5.